The van der Waals surface area contributed by atoms with E-state index in [0.29, 0.717) is 17.9 Å². The molecule has 0 saturated heterocycles. The Morgan fingerprint density at radius 3 is 2.34 bits per heavy atom. The topological polar surface area (TPSA) is 71.4 Å². The lowest BCUT2D eigenvalue weighted by atomic mass is 10.1. The van der Waals surface area contributed by atoms with E-state index in [-0.39, 0.29) is 13.3 Å². The van der Waals surface area contributed by atoms with Gasteiger partial charge in [0.25, 0.3) is 0 Å². The molecule has 12 heteroatoms. The summed E-state index contributed by atoms with van der Waals surface area (Å²) in [6.45, 7) is 14.4. The number of hydrogen-bond donors (Lipinski definition) is 1. The molecule has 1 heterocycles. The van der Waals surface area contributed by atoms with Crippen molar-refractivity contribution in [2.24, 2.45) is 0 Å². The number of benzene rings is 1. The highest BCUT2D eigenvalue weighted by molar-refractivity contribution is 9.10. The quantitative estimate of drug-likeness (QED) is 0.180. The molecule has 0 fully saturated rings. The molecule has 2 rings (SSSR count). The van der Waals surface area contributed by atoms with Crippen molar-refractivity contribution < 1.29 is 27.2 Å². The normalized spacial score (nSPS) is 15.6. The first-order valence-corrected chi connectivity index (χ1v) is 17.1. The van der Waals surface area contributed by atoms with Crippen molar-refractivity contribution in [3.8, 4) is 0 Å². The van der Waals surface area contributed by atoms with E-state index in [1.54, 1.807) is 20.8 Å². The molecule has 0 bridgehead atoms. The monoisotopic (exact) mass is 599 g/mol. The Kier molecular flexibility index (Phi) is 9.97. The van der Waals surface area contributed by atoms with Gasteiger partial charge in [-0.3, -0.25) is 0 Å². The molecule has 0 aliphatic heterocycles. The first-order valence-electron chi connectivity index (χ1n) is 11.4. The third-order valence-corrected chi connectivity index (χ3v) is 9.18. The predicted molar refractivity (Wildman–Crippen MR) is 141 cm³/mol. The molecule has 1 unspecified atom stereocenters. The second-order valence-corrected chi connectivity index (χ2v) is 19.8. The van der Waals surface area contributed by atoms with Gasteiger partial charge in [0.1, 0.15) is 23.3 Å². The van der Waals surface area contributed by atoms with Crippen molar-refractivity contribution in [1.29, 1.82) is 0 Å². The smallest absolute Gasteiger partial charge is 0.416 e. The van der Waals surface area contributed by atoms with Crippen LogP contribution >= 0.6 is 15.9 Å². The van der Waals surface area contributed by atoms with E-state index in [1.165, 1.54) is 0 Å². The number of alkyl halides is 3. The van der Waals surface area contributed by atoms with Crippen molar-refractivity contribution in [2.75, 3.05) is 13.2 Å². The molecule has 0 aliphatic carbocycles. The van der Waals surface area contributed by atoms with E-state index in [1.807, 2.05) is 22.8 Å². The van der Waals surface area contributed by atoms with Gasteiger partial charge in [-0.2, -0.15) is 13.2 Å². The molecule has 0 radical (unpaired) electrons. The molecule has 1 aromatic carbocycles. The molecule has 1 N–H and O–H groups in total. The number of imidazole rings is 1. The zero-order valence-electron chi connectivity index (χ0n) is 21.7. The average molecular weight is 601 g/mol. The van der Waals surface area contributed by atoms with Gasteiger partial charge in [0.15, 0.2) is 5.60 Å². The summed E-state index contributed by atoms with van der Waals surface area (Å²) in [5.74, 6) is 0.404. The van der Waals surface area contributed by atoms with Crippen LogP contribution in [0.15, 0.2) is 22.7 Å². The molecule has 2 atom stereocenters. The van der Waals surface area contributed by atoms with Crippen LogP contribution in [0.5, 0.6) is 0 Å². The Morgan fingerprint density at radius 2 is 1.80 bits per heavy atom. The van der Waals surface area contributed by atoms with Crippen LogP contribution in [0.4, 0.5) is 13.2 Å². The Hall–Kier alpha value is -0.633. The molecule has 1 aromatic heterocycles. The minimum Gasteiger partial charge on any atom is -0.598 e. The fourth-order valence-electron chi connectivity index (χ4n) is 2.90. The van der Waals surface area contributed by atoms with E-state index >= 15 is 0 Å². The van der Waals surface area contributed by atoms with Crippen molar-refractivity contribution in [1.82, 2.24) is 14.3 Å². The molecular weight excluding hydrogens is 563 g/mol. The van der Waals surface area contributed by atoms with Gasteiger partial charge in [0, 0.05) is 30.5 Å². The Labute approximate surface area is 218 Å². The largest absolute Gasteiger partial charge is 0.598 e. The van der Waals surface area contributed by atoms with E-state index in [2.05, 4.69) is 40.3 Å². The van der Waals surface area contributed by atoms with Crippen molar-refractivity contribution >= 4 is 46.4 Å². The van der Waals surface area contributed by atoms with E-state index in [4.69, 9.17) is 14.5 Å². The highest BCUT2D eigenvalue weighted by Gasteiger charge is 2.49. The van der Waals surface area contributed by atoms with Gasteiger partial charge in [0.05, 0.1) is 17.6 Å². The fourth-order valence-corrected chi connectivity index (χ4v) is 4.79. The zero-order chi connectivity index (χ0) is 26.8. The van der Waals surface area contributed by atoms with Gasteiger partial charge < -0.3 is 18.6 Å². The second kappa shape index (κ2) is 11.4. The fraction of sp³-hybridized carbons (Fsp3) is 0.696. The van der Waals surface area contributed by atoms with Gasteiger partial charge in [0.2, 0.25) is 0 Å². The Morgan fingerprint density at radius 1 is 1.17 bits per heavy atom. The summed E-state index contributed by atoms with van der Waals surface area (Å²) in [4.78, 5) is 4.70. The summed E-state index contributed by atoms with van der Waals surface area (Å²) in [5.41, 5.74) is -0.977. The Balaban J connectivity index is 2.46. The molecule has 0 saturated carbocycles. The van der Waals surface area contributed by atoms with Gasteiger partial charge >= 0.3 is 6.18 Å². The van der Waals surface area contributed by atoms with Crippen LogP contribution in [0.1, 0.15) is 46.5 Å². The maximum atomic E-state index is 13.5. The SMILES string of the molecule is CC(C)(C)[S+]([O-])N[C@@H](COC(C)(C)C(F)(F)F)c1nc2cc(Br)ccc2n1COCC[Si](C)(C)C. The highest BCUT2D eigenvalue weighted by atomic mass is 79.9. The predicted octanol–water partition coefficient (Wildman–Crippen LogP) is 6.56. The summed E-state index contributed by atoms with van der Waals surface area (Å²) in [6.07, 6.45) is -4.56. The first kappa shape index (κ1) is 30.6. The molecule has 2 aromatic rings. The number of ether oxygens (including phenoxy) is 2. The molecule has 0 spiro atoms. The molecule has 6 nitrogen and oxygen atoms in total. The lowest BCUT2D eigenvalue weighted by molar-refractivity contribution is -0.265. The van der Waals surface area contributed by atoms with Crippen LogP contribution in [0.25, 0.3) is 11.0 Å². The van der Waals surface area contributed by atoms with Gasteiger partial charge in [-0.1, -0.05) is 35.6 Å². The van der Waals surface area contributed by atoms with Crippen LogP contribution in [0.3, 0.4) is 0 Å². The lowest BCUT2D eigenvalue weighted by Gasteiger charge is -2.32. The van der Waals surface area contributed by atoms with Crippen LogP contribution in [-0.2, 0) is 27.6 Å². The minimum atomic E-state index is -4.56. The summed E-state index contributed by atoms with van der Waals surface area (Å²) < 4.78 is 69.7. The first-order chi connectivity index (χ1) is 15.8. The summed E-state index contributed by atoms with van der Waals surface area (Å²) in [5, 5.41) is 0. The van der Waals surface area contributed by atoms with E-state index in [0.717, 1.165) is 29.9 Å². The zero-order valence-corrected chi connectivity index (χ0v) is 25.1. The number of nitrogens with zero attached hydrogens (tertiary/aromatic N) is 2. The van der Waals surface area contributed by atoms with Gasteiger partial charge in [-0.25, -0.2) is 4.98 Å². The van der Waals surface area contributed by atoms with Crippen LogP contribution < -0.4 is 4.72 Å². The summed E-state index contributed by atoms with van der Waals surface area (Å²) in [6, 6.07) is 5.67. The molecular formula is C23H37BrF3N3O3SSi. The standard InChI is InChI=1S/C23H37BrF3N3O3SSi/c1-21(2,3)34(31)29-18(14-33-22(4,5)23(25,26)27)20-28-17-13-16(24)9-10-19(17)30(20)15-32-11-12-35(6,7)8/h9-10,13,18,29H,11-12,14-15H2,1-8H3/t18-,34?/m0/s1. The number of aromatic nitrogens is 2. The van der Waals surface area contributed by atoms with Crippen molar-refractivity contribution in [3.63, 3.8) is 0 Å². The average Bonchev–Trinajstić information content (AvgIpc) is 3.03. The number of halogens is 4. The second-order valence-electron chi connectivity index (χ2n) is 11.2. The maximum absolute atomic E-state index is 13.5. The van der Waals surface area contributed by atoms with Gasteiger partial charge in [-0.15, -0.1) is 4.72 Å². The van der Waals surface area contributed by atoms with E-state index in [9.17, 15) is 17.7 Å². The van der Waals surface area contributed by atoms with Crippen LogP contribution in [-0.4, -0.2) is 51.9 Å². The van der Waals surface area contributed by atoms with Crippen LogP contribution in [0, 0.1) is 0 Å². The molecule has 200 valence electrons. The third kappa shape index (κ3) is 8.72. The number of nitrogens with one attached hydrogen (secondary N) is 1. The molecule has 0 amide bonds. The molecule has 0 aliphatic rings. The lowest BCUT2D eigenvalue weighted by Crippen LogP contribution is -2.47. The van der Waals surface area contributed by atoms with Gasteiger partial charge in [-0.05, 0) is 58.9 Å². The van der Waals surface area contributed by atoms with Crippen LogP contribution in [0.2, 0.25) is 25.7 Å². The number of hydrogen-bond acceptors (Lipinski definition) is 5. The molecule has 35 heavy (non-hydrogen) atoms. The highest BCUT2D eigenvalue weighted by Crippen LogP contribution is 2.34. The van der Waals surface area contributed by atoms with E-state index < -0.39 is 42.0 Å². The summed E-state index contributed by atoms with van der Waals surface area (Å²) in [7, 11) is -1.31. The van der Waals surface area contributed by atoms with Crippen molar-refractivity contribution in [2.45, 2.75) is 89.6 Å². The maximum Gasteiger partial charge on any atom is 0.416 e. The minimum absolute atomic E-state index is 0.168. The third-order valence-electron chi connectivity index (χ3n) is 5.37. The summed E-state index contributed by atoms with van der Waals surface area (Å²) >= 11 is 1.86. The van der Waals surface area contributed by atoms with Crippen molar-refractivity contribution in [3.05, 3.63) is 28.5 Å². The number of rotatable bonds is 11. The number of fused-ring (bicyclic) bond motifs is 1. The Bertz CT molecular complexity index is 991.